The summed E-state index contributed by atoms with van der Waals surface area (Å²) in [5, 5.41) is 2.41. The Bertz CT molecular complexity index is 523. The van der Waals surface area contributed by atoms with Gasteiger partial charge in [-0.15, -0.1) is 0 Å². The lowest BCUT2D eigenvalue weighted by Crippen LogP contribution is -2.08. The zero-order valence-corrected chi connectivity index (χ0v) is 10.4. The van der Waals surface area contributed by atoms with Crippen molar-refractivity contribution in [2.45, 2.75) is 32.6 Å². The first kappa shape index (κ1) is 11.8. The molecule has 0 saturated carbocycles. The van der Waals surface area contributed by atoms with Gasteiger partial charge in [-0.3, -0.25) is 4.79 Å². The Morgan fingerprint density at radius 3 is 2.59 bits per heavy atom. The molecule has 17 heavy (non-hydrogen) atoms. The van der Waals surface area contributed by atoms with Crippen LogP contribution in [0.1, 0.15) is 38.2 Å². The van der Waals surface area contributed by atoms with Crippen LogP contribution in [0.25, 0.3) is 10.8 Å². The summed E-state index contributed by atoms with van der Waals surface area (Å²) in [7, 11) is 0. The lowest BCUT2D eigenvalue weighted by molar-refractivity contribution is -0.120. The lowest BCUT2D eigenvalue weighted by Gasteiger charge is -2.13. The first-order chi connectivity index (χ1) is 8.24. The van der Waals surface area contributed by atoms with Crippen LogP contribution < -0.4 is 0 Å². The lowest BCUT2D eigenvalue weighted by atomic mass is 9.90. The molecule has 1 nitrogen and oxygen atoms in total. The van der Waals surface area contributed by atoms with Gasteiger partial charge < -0.3 is 0 Å². The van der Waals surface area contributed by atoms with Crippen molar-refractivity contribution < 1.29 is 4.79 Å². The highest BCUT2D eigenvalue weighted by molar-refractivity contribution is 5.93. The van der Waals surface area contributed by atoms with E-state index in [4.69, 9.17) is 0 Å². The van der Waals surface area contributed by atoms with E-state index >= 15 is 0 Å². The maximum atomic E-state index is 12.0. The van der Waals surface area contributed by atoms with Crippen LogP contribution in [0.3, 0.4) is 0 Å². The van der Waals surface area contributed by atoms with Gasteiger partial charge in [-0.25, -0.2) is 0 Å². The molecule has 0 fully saturated rings. The van der Waals surface area contributed by atoms with E-state index in [0.717, 1.165) is 12.0 Å². The normalized spacial score (nSPS) is 12.6. The van der Waals surface area contributed by atoms with Gasteiger partial charge in [0, 0.05) is 12.3 Å². The number of hydrogen-bond acceptors (Lipinski definition) is 1. The van der Waals surface area contributed by atoms with Crippen molar-refractivity contribution >= 4 is 16.6 Å². The SMILES string of the molecule is CCCC(=O)C(C)c1cccc2ccccc12. The van der Waals surface area contributed by atoms with Crippen LogP contribution in [0.5, 0.6) is 0 Å². The summed E-state index contributed by atoms with van der Waals surface area (Å²) in [4.78, 5) is 12.0. The molecule has 0 N–H and O–H groups in total. The maximum absolute atomic E-state index is 12.0. The van der Waals surface area contributed by atoms with Crippen molar-refractivity contribution in [1.82, 2.24) is 0 Å². The Kier molecular flexibility index (Phi) is 3.58. The Morgan fingerprint density at radius 2 is 1.82 bits per heavy atom. The second-order valence-corrected chi connectivity index (χ2v) is 4.51. The summed E-state index contributed by atoms with van der Waals surface area (Å²) in [5.41, 5.74) is 1.15. The van der Waals surface area contributed by atoms with Gasteiger partial charge in [-0.05, 0) is 22.8 Å². The quantitative estimate of drug-likeness (QED) is 0.759. The molecule has 88 valence electrons. The number of Topliss-reactive ketones (excluding diaryl/α,β-unsaturated/α-hetero) is 1. The Labute approximate surface area is 102 Å². The maximum Gasteiger partial charge on any atom is 0.140 e. The van der Waals surface area contributed by atoms with E-state index in [1.165, 1.54) is 10.8 Å². The zero-order valence-electron chi connectivity index (χ0n) is 10.4. The molecule has 0 aliphatic rings. The Hall–Kier alpha value is -1.63. The molecule has 0 amide bonds. The molecule has 1 heteroatoms. The second kappa shape index (κ2) is 5.13. The number of carbonyl (C=O) groups excluding carboxylic acids is 1. The highest BCUT2D eigenvalue weighted by atomic mass is 16.1. The van der Waals surface area contributed by atoms with Crippen LogP contribution in [0, 0.1) is 0 Å². The molecule has 0 heterocycles. The molecule has 0 saturated heterocycles. The minimum absolute atomic E-state index is 0.000972. The van der Waals surface area contributed by atoms with Gasteiger partial charge in [-0.1, -0.05) is 56.3 Å². The third-order valence-corrected chi connectivity index (χ3v) is 3.27. The largest absolute Gasteiger partial charge is 0.299 e. The molecule has 1 atom stereocenters. The standard InChI is InChI=1S/C16H18O/c1-3-7-16(17)12(2)14-11-6-9-13-8-4-5-10-15(13)14/h4-6,8-12H,3,7H2,1-2H3. The van der Waals surface area contributed by atoms with Gasteiger partial charge in [0.2, 0.25) is 0 Å². The summed E-state index contributed by atoms with van der Waals surface area (Å²) < 4.78 is 0. The minimum atomic E-state index is 0.000972. The van der Waals surface area contributed by atoms with Crippen LogP contribution in [0.2, 0.25) is 0 Å². The highest BCUT2D eigenvalue weighted by Gasteiger charge is 2.15. The molecule has 2 aromatic carbocycles. The van der Waals surface area contributed by atoms with Gasteiger partial charge in [0.15, 0.2) is 0 Å². The third kappa shape index (κ3) is 2.38. The number of benzene rings is 2. The monoisotopic (exact) mass is 226 g/mol. The average Bonchev–Trinajstić information content (AvgIpc) is 2.37. The van der Waals surface area contributed by atoms with Crippen LogP contribution in [0.15, 0.2) is 42.5 Å². The Balaban J connectivity index is 2.44. The molecule has 0 radical (unpaired) electrons. The Morgan fingerprint density at radius 1 is 1.12 bits per heavy atom. The van der Waals surface area contributed by atoms with Crippen molar-refractivity contribution in [2.24, 2.45) is 0 Å². The molecule has 0 bridgehead atoms. The van der Waals surface area contributed by atoms with Crippen LogP contribution >= 0.6 is 0 Å². The predicted octanol–water partition coefficient (Wildman–Crippen LogP) is 4.31. The molecule has 0 aromatic heterocycles. The van der Waals surface area contributed by atoms with Crippen molar-refractivity contribution in [3.8, 4) is 0 Å². The number of fused-ring (bicyclic) bond motifs is 1. The van der Waals surface area contributed by atoms with E-state index in [-0.39, 0.29) is 5.92 Å². The molecule has 0 aliphatic heterocycles. The van der Waals surface area contributed by atoms with Crippen molar-refractivity contribution in [3.63, 3.8) is 0 Å². The van der Waals surface area contributed by atoms with Crippen molar-refractivity contribution in [3.05, 3.63) is 48.0 Å². The van der Waals surface area contributed by atoms with Gasteiger partial charge in [-0.2, -0.15) is 0 Å². The number of rotatable bonds is 4. The van der Waals surface area contributed by atoms with Crippen LogP contribution in [-0.4, -0.2) is 5.78 Å². The van der Waals surface area contributed by atoms with Crippen molar-refractivity contribution in [2.75, 3.05) is 0 Å². The van der Waals surface area contributed by atoms with Crippen molar-refractivity contribution in [1.29, 1.82) is 0 Å². The zero-order chi connectivity index (χ0) is 12.3. The van der Waals surface area contributed by atoms with E-state index in [1.54, 1.807) is 0 Å². The molecule has 0 spiro atoms. The van der Waals surface area contributed by atoms with E-state index in [0.29, 0.717) is 12.2 Å². The minimum Gasteiger partial charge on any atom is -0.299 e. The van der Waals surface area contributed by atoms with E-state index in [1.807, 2.05) is 32.0 Å². The van der Waals surface area contributed by atoms with Gasteiger partial charge >= 0.3 is 0 Å². The summed E-state index contributed by atoms with van der Waals surface area (Å²) >= 11 is 0. The molecule has 0 aliphatic carbocycles. The topological polar surface area (TPSA) is 17.1 Å². The van der Waals surface area contributed by atoms with Gasteiger partial charge in [0.1, 0.15) is 5.78 Å². The first-order valence-corrected chi connectivity index (χ1v) is 6.24. The third-order valence-electron chi connectivity index (χ3n) is 3.27. The molecule has 1 unspecified atom stereocenters. The van der Waals surface area contributed by atoms with Gasteiger partial charge in [0.05, 0.1) is 0 Å². The molecular formula is C16H18O. The molecule has 2 rings (SSSR count). The number of ketones is 1. The van der Waals surface area contributed by atoms with Crippen LogP contribution in [-0.2, 0) is 4.79 Å². The summed E-state index contributed by atoms with van der Waals surface area (Å²) in [6.07, 6.45) is 1.60. The fourth-order valence-corrected chi connectivity index (χ4v) is 2.26. The fourth-order valence-electron chi connectivity index (χ4n) is 2.26. The summed E-state index contributed by atoms with van der Waals surface area (Å²) in [6, 6.07) is 14.5. The van der Waals surface area contributed by atoms with E-state index in [2.05, 4.69) is 24.3 Å². The highest BCUT2D eigenvalue weighted by Crippen LogP contribution is 2.26. The second-order valence-electron chi connectivity index (χ2n) is 4.51. The smallest absolute Gasteiger partial charge is 0.140 e. The number of carbonyl (C=O) groups is 1. The van der Waals surface area contributed by atoms with Gasteiger partial charge in [0.25, 0.3) is 0 Å². The summed E-state index contributed by atoms with van der Waals surface area (Å²) in [5.74, 6) is 0.338. The fraction of sp³-hybridized carbons (Fsp3) is 0.312. The first-order valence-electron chi connectivity index (χ1n) is 6.24. The number of hydrogen-bond donors (Lipinski definition) is 0. The average molecular weight is 226 g/mol. The molecule has 2 aromatic rings. The van der Waals surface area contributed by atoms with E-state index in [9.17, 15) is 4.79 Å². The molecular weight excluding hydrogens is 208 g/mol. The van der Waals surface area contributed by atoms with Crippen LogP contribution in [0.4, 0.5) is 0 Å². The van der Waals surface area contributed by atoms with E-state index < -0.39 is 0 Å². The predicted molar refractivity (Wildman–Crippen MR) is 72.3 cm³/mol. The summed E-state index contributed by atoms with van der Waals surface area (Å²) in [6.45, 7) is 4.06.